The number of anilines is 1. The van der Waals surface area contributed by atoms with E-state index >= 15 is 0 Å². The Labute approximate surface area is 201 Å². The smallest absolute Gasteiger partial charge is 0.258 e. The first kappa shape index (κ1) is 23.5. The van der Waals surface area contributed by atoms with Gasteiger partial charge in [-0.1, -0.05) is 25.5 Å². The quantitative estimate of drug-likeness (QED) is 0.642. The first-order valence-corrected chi connectivity index (χ1v) is 12.6. The van der Waals surface area contributed by atoms with Gasteiger partial charge in [-0.05, 0) is 55.8 Å². The molecule has 174 valence electrons. The molecule has 1 N–H and O–H groups in total. The van der Waals surface area contributed by atoms with Gasteiger partial charge in [-0.25, -0.2) is 9.97 Å². The van der Waals surface area contributed by atoms with Crippen LogP contribution in [0.15, 0.2) is 65.1 Å². The molecule has 0 saturated carbocycles. The SMILES string of the molecule is CC1=CC(C)C(C)C(NC(=O)c2cccnc2SCc2ccnc(N3CCN(C)CC3)c2)=C1. The third-order valence-corrected chi connectivity index (χ3v) is 7.55. The Kier molecular flexibility index (Phi) is 7.50. The molecule has 2 aliphatic rings. The topological polar surface area (TPSA) is 61.4 Å². The van der Waals surface area contributed by atoms with E-state index in [1.54, 1.807) is 18.0 Å². The van der Waals surface area contributed by atoms with Gasteiger partial charge in [0.1, 0.15) is 10.8 Å². The van der Waals surface area contributed by atoms with Crippen molar-refractivity contribution in [3.8, 4) is 0 Å². The van der Waals surface area contributed by atoms with Gasteiger partial charge in [-0.2, -0.15) is 0 Å². The molecule has 2 atom stereocenters. The number of likely N-dealkylation sites (N-methyl/N-ethyl adjacent to an activating group) is 1. The highest BCUT2D eigenvalue weighted by Gasteiger charge is 2.22. The molecule has 0 radical (unpaired) electrons. The van der Waals surface area contributed by atoms with E-state index in [-0.39, 0.29) is 11.8 Å². The summed E-state index contributed by atoms with van der Waals surface area (Å²) < 4.78 is 0. The average Bonchev–Trinajstić information content (AvgIpc) is 2.81. The highest BCUT2D eigenvalue weighted by atomic mass is 32.2. The number of pyridine rings is 2. The molecule has 1 amide bonds. The predicted molar refractivity (Wildman–Crippen MR) is 135 cm³/mol. The molecule has 2 aromatic heterocycles. The second-order valence-corrected chi connectivity index (χ2v) is 10.0. The number of carbonyl (C=O) groups is 1. The lowest BCUT2D eigenvalue weighted by atomic mass is 9.86. The van der Waals surface area contributed by atoms with Gasteiger partial charge in [0.2, 0.25) is 0 Å². The van der Waals surface area contributed by atoms with Crippen LogP contribution in [0.25, 0.3) is 0 Å². The summed E-state index contributed by atoms with van der Waals surface area (Å²) in [5, 5.41) is 3.89. The minimum Gasteiger partial charge on any atom is -0.354 e. The van der Waals surface area contributed by atoms with Crippen molar-refractivity contribution in [2.75, 3.05) is 38.1 Å². The normalized spacial score (nSPS) is 21.4. The van der Waals surface area contributed by atoms with Crippen molar-refractivity contribution < 1.29 is 4.79 Å². The zero-order valence-corrected chi connectivity index (χ0v) is 20.7. The number of nitrogens with zero attached hydrogens (tertiary/aromatic N) is 4. The van der Waals surface area contributed by atoms with Gasteiger partial charge in [-0.15, -0.1) is 11.8 Å². The van der Waals surface area contributed by atoms with Crippen LogP contribution in [0.4, 0.5) is 5.82 Å². The number of hydrogen-bond donors (Lipinski definition) is 1. The standard InChI is InChI=1S/C26H33N5OS/c1-18-14-19(2)20(3)23(15-18)29-25(32)22-6-5-8-28-26(22)33-17-21-7-9-27-24(16-21)31-12-10-30(4)11-13-31/h5-9,14-16,19-20H,10-13,17H2,1-4H3,(H,29,32). The van der Waals surface area contributed by atoms with Crippen molar-refractivity contribution in [2.24, 2.45) is 11.8 Å². The van der Waals surface area contributed by atoms with Gasteiger partial charge in [0.05, 0.1) is 5.56 Å². The average molecular weight is 464 g/mol. The summed E-state index contributed by atoms with van der Waals surface area (Å²) in [7, 11) is 2.16. The number of allylic oxidation sites excluding steroid dienone is 4. The second-order valence-electron chi connectivity index (χ2n) is 9.07. The largest absolute Gasteiger partial charge is 0.354 e. The third kappa shape index (κ3) is 5.84. The predicted octanol–water partition coefficient (Wildman–Crippen LogP) is 4.37. The van der Waals surface area contributed by atoms with Crippen molar-refractivity contribution >= 4 is 23.5 Å². The van der Waals surface area contributed by atoms with E-state index < -0.39 is 0 Å². The van der Waals surface area contributed by atoms with Crippen LogP contribution in [-0.2, 0) is 5.75 Å². The summed E-state index contributed by atoms with van der Waals surface area (Å²) in [5.41, 5.74) is 3.95. The Morgan fingerprint density at radius 3 is 2.73 bits per heavy atom. The van der Waals surface area contributed by atoms with E-state index in [1.165, 1.54) is 11.1 Å². The molecule has 1 aliphatic carbocycles. The monoisotopic (exact) mass is 463 g/mol. The Morgan fingerprint density at radius 1 is 1.15 bits per heavy atom. The number of piperazine rings is 1. The van der Waals surface area contributed by atoms with Crippen LogP contribution < -0.4 is 10.2 Å². The summed E-state index contributed by atoms with van der Waals surface area (Å²) in [6.45, 7) is 10.5. The first-order chi connectivity index (χ1) is 15.9. The van der Waals surface area contributed by atoms with Crippen LogP contribution in [0.2, 0.25) is 0 Å². The highest BCUT2D eigenvalue weighted by Crippen LogP contribution is 2.29. The molecule has 4 rings (SSSR count). The fourth-order valence-corrected chi connectivity index (χ4v) is 5.14. The summed E-state index contributed by atoms with van der Waals surface area (Å²) in [4.78, 5) is 26.9. The molecule has 6 nitrogen and oxygen atoms in total. The summed E-state index contributed by atoms with van der Waals surface area (Å²) in [6, 6.07) is 7.88. The number of aromatic nitrogens is 2. The molecule has 1 saturated heterocycles. The lowest BCUT2D eigenvalue weighted by Crippen LogP contribution is -2.44. The summed E-state index contributed by atoms with van der Waals surface area (Å²) >= 11 is 1.59. The van der Waals surface area contributed by atoms with Crippen molar-refractivity contribution in [1.29, 1.82) is 0 Å². The minimum absolute atomic E-state index is 0.0987. The van der Waals surface area contributed by atoms with Gasteiger partial charge in [0.25, 0.3) is 5.91 Å². The van der Waals surface area contributed by atoms with E-state index in [0.717, 1.165) is 48.5 Å². The molecule has 2 unspecified atom stereocenters. The van der Waals surface area contributed by atoms with Gasteiger partial charge in [0, 0.05) is 55.9 Å². The highest BCUT2D eigenvalue weighted by molar-refractivity contribution is 7.98. The number of amides is 1. The van der Waals surface area contributed by atoms with Crippen LogP contribution in [0.5, 0.6) is 0 Å². The Bertz CT molecular complexity index is 1060. The zero-order chi connectivity index (χ0) is 23.4. The third-order valence-electron chi connectivity index (χ3n) is 6.47. The maximum Gasteiger partial charge on any atom is 0.258 e. The van der Waals surface area contributed by atoms with Gasteiger partial charge in [-0.3, -0.25) is 4.79 Å². The van der Waals surface area contributed by atoms with Crippen LogP contribution >= 0.6 is 11.8 Å². The van der Waals surface area contributed by atoms with Gasteiger partial charge in [0.15, 0.2) is 0 Å². The molecule has 0 aromatic carbocycles. The zero-order valence-electron chi connectivity index (χ0n) is 19.9. The molecule has 0 spiro atoms. The molecule has 1 fully saturated rings. The Morgan fingerprint density at radius 2 is 1.94 bits per heavy atom. The van der Waals surface area contributed by atoms with Crippen LogP contribution in [0.3, 0.4) is 0 Å². The van der Waals surface area contributed by atoms with Gasteiger partial charge < -0.3 is 15.1 Å². The molecule has 1 aliphatic heterocycles. The Hall–Kier alpha value is -2.64. The number of carbonyl (C=O) groups excluding carboxylic acids is 1. The molecular formula is C26H33N5OS. The molecule has 0 bridgehead atoms. The van der Waals surface area contributed by atoms with E-state index in [2.05, 4.69) is 71.1 Å². The molecule has 2 aromatic rings. The maximum absolute atomic E-state index is 13.1. The van der Waals surface area contributed by atoms with Crippen LogP contribution in [0.1, 0.15) is 36.7 Å². The van der Waals surface area contributed by atoms with E-state index in [9.17, 15) is 4.79 Å². The summed E-state index contributed by atoms with van der Waals surface area (Å²) in [5.74, 6) is 2.33. The first-order valence-electron chi connectivity index (χ1n) is 11.6. The van der Waals surface area contributed by atoms with E-state index in [0.29, 0.717) is 11.5 Å². The Balaban J connectivity index is 1.44. The molecule has 7 heteroatoms. The number of hydrogen-bond acceptors (Lipinski definition) is 6. The lowest BCUT2D eigenvalue weighted by Gasteiger charge is -2.33. The van der Waals surface area contributed by atoms with Crippen molar-refractivity contribution in [3.05, 3.63) is 71.2 Å². The summed E-state index contributed by atoms with van der Waals surface area (Å²) in [6.07, 6.45) is 7.95. The van der Waals surface area contributed by atoms with Gasteiger partial charge >= 0.3 is 0 Å². The van der Waals surface area contributed by atoms with Crippen LogP contribution in [-0.4, -0.2) is 54.0 Å². The molecule has 33 heavy (non-hydrogen) atoms. The second kappa shape index (κ2) is 10.5. The van der Waals surface area contributed by atoms with E-state index in [1.807, 2.05) is 24.4 Å². The number of thioether (sulfide) groups is 1. The number of rotatable bonds is 6. The van der Waals surface area contributed by atoms with Crippen LogP contribution in [0, 0.1) is 11.8 Å². The van der Waals surface area contributed by atoms with Crippen molar-refractivity contribution in [1.82, 2.24) is 20.2 Å². The van der Waals surface area contributed by atoms with Crippen molar-refractivity contribution in [2.45, 2.75) is 31.6 Å². The lowest BCUT2D eigenvalue weighted by molar-refractivity contribution is 0.0957. The number of nitrogens with one attached hydrogen (secondary N) is 1. The maximum atomic E-state index is 13.1. The van der Waals surface area contributed by atoms with Crippen molar-refractivity contribution in [3.63, 3.8) is 0 Å². The molecular weight excluding hydrogens is 430 g/mol. The fourth-order valence-electron chi connectivity index (χ4n) is 4.20. The minimum atomic E-state index is -0.0987. The molecule has 3 heterocycles. The fraction of sp³-hybridized carbons (Fsp3) is 0.423. The van der Waals surface area contributed by atoms with E-state index in [4.69, 9.17) is 0 Å².